The van der Waals surface area contributed by atoms with Crippen LogP contribution in [0.15, 0.2) is 0 Å². The maximum absolute atomic E-state index is 6.00. The Labute approximate surface area is 92.9 Å². The first-order valence-corrected chi connectivity index (χ1v) is 6.03. The molecule has 2 unspecified atom stereocenters. The third-order valence-electron chi connectivity index (χ3n) is 2.02. The lowest BCUT2D eigenvalue weighted by molar-refractivity contribution is -0.0287. The fourth-order valence-electron chi connectivity index (χ4n) is 0.965. The Morgan fingerprint density at radius 3 is 2.00 bits per heavy atom. The summed E-state index contributed by atoms with van der Waals surface area (Å²) in [4.78, 5) is 0. The van der Waals surface area contributed by atoms with Gasteiger partial charge in [0.2, 0.25) is 0 Å². The number of ether oxygens (including phenoxy) is 2. The zero-order chi connectivity index (χ0) is 10.8. The lowest BCUT2D eigenvalue weighted by Gasteiger charge is -2.18. The van der Waals surface area contributed by atoms with E-state index in [9.17, 15) is 0 Å². The highest BCUT2D eigenvalue weighted by molar-refractivity contribution is 6.20. The normalized spacial score (nSPS) is 15.4. The van der Waals surface area contributed by atoms with Gasteiger partial charge in [-0.3, -0.25) is 0 Å². The van der Waals surface area contributed by atoms with Crippen molar-refractivity contribution in [3.63, 3.8) is 0 Å². The van der Waals surface area contributed by atoms with Crippen LogP contribution in [0.5, 0.6) is 0 Å². The summed E-state index contributed by atoms with van der Waals surface area (Å²) >= 11 is 6.00. The van der Waals surface area contributed by atoms with Gasteiger partial charge in [-0.15, -0.1) is 0 Å². The summed E-state index contributed by atoms with van der Waals surface area (Å²) in [5.41, 5.74) is -0.307. The summed E-state index contributed by atoms with van der Waals surface area (Å²) in [6.07, 6.45) is 4.42. The zero-order valence-corrected chi connectivity index (χ0v) is 10.3. The summed E-state index contributed by atoms with van der Waals surface area (Å²) in [6, 6.07) is 0. The lowest BCUT2D eigenvalue weighted by atomic mass is 10.3. The number of rotatable bonds is 9. The molecule has 86 valence electrons. The number of unbranched alkanes of at least 4 members (excludes halogenated alkanes) is 2. The van der Waals surface area contributed by atoms with Crippen LogP contribution in [0.1, 0.15) is 46.5 Å². The first kappa shape index (κ1) is 14.2. The van der Waals surface area contributed by atoms with Crippen molar-refractivity contribution in [3.05, 3.63) is 0 Å². The van der Waals surface area contributed by atoms with Crippen LogP contribution >= 0.6 is 11.6 Å². The molecule has 0 spiro atoms. The van der Waals surface area contributed by atoms with E-state index in [2.05, 4.69) is 13.8 Å². The SMILES string of the molecule is CCCCOC(C)C(Cl)OCCCC. The summed E-state index contributed by atoms with van der Waals surface area (Å²) < 4.78 is 10.9. The van der Waals surface area contributed by atoms with Crippen molar-refractivity contribution in [2.24, 2.45) is 0 Å². The smallest absolute Gasteiger partial charge is 0.156 e. The van der Waals surface area contributed by atoms with E-state index in [4.69, 9.17) is 21.1 Å². The molecule has 0 rings (SSSR count). The fraction of sp³-hybridized carbons (Fsp3) is 1.00. The highest BCUT2D eigenvalue weighted by Crippen LogP contribution is 2.10. The number of hydrogen-bond acceptors (Lipinski definition) is 2. The third kappa shape index (κ3) is 7.60. The molecule has 2 atom stereocenters. The number of hydrogen-bond donors (Lipinski definition) is 0. The molecular weight excluding hydrogens is 200 g/mol. The first-order valence-electron chi connectivity index (χ1n) is 5.59. The molecule has 0 aliphatic rings. The average molecular weight is 223 g/mol. The molecule has 0 heterocycles. The molecule has 0 aromatic carbocycles. The Bertz CT molecular complexity index is 106. The fourth-order valence-corrected chi connectivity index (χ4v) is 1.13. The summed E-state index contributed by atoms with van der Waals surface area (Å²) in [5.74, 6) is 0. The minimum atomic E-state index is -0.307. The third-order valence-corrected chi connectivity index (χ3v) is 2.50. The largest absolute Gasteiger partial charge is 0.374 e. The molecule has 0 saturated carbocycles. The minimum Gasteiger partial charge on any atom is -0.374 e. The molecule has 2 nitrogen and oxygen atoms in total. The van der Waals surface area contributed by atoms with E-state index in [1.54, 1.807) is 0 Å². The van der Waals surface area contributed by atoms with Gasteiger partial charge in [0.1, 0.15) is 0 Å². The van der Waals surface area contributed by atoms with Crippen LogP contribution in [0, 0.1) is 0 Å². The molecule has 0 aromatic heterocycles. The molecule has 0 aromatic rings. The van der Waals surface area contributed by atoms with Gasteiger partial charge in [0.15, 0.2) is 5.56 Å². The van der Waals surface area contributed by atoms with Crippen molar-refractivity contribution in [1.82, 2.24) is 0 Å². The second-order valence-corrected chi connectivity index (χ2v) is 3.94. The van der Waals surface area contributed by atoms with Crippen LogP contribution in [0.4, 0.5) is 0 Å². The van der Waals surface area contributed by atoms with Crippen molar-refractivity contribution in [1.29, 1.82) is 0 Å². The van der Waals surface area contributed by atoms with E-state index in [-0.39, 0.29) is 11.7 Å². The maximum Gasteiger partial charge on any atom is 0.156 e. The molecule has 14 heavy (non-hydrogen) atoms. The second kappa shape index (κ2) is 9.75. The topological polar surface area (TPSA) is 18.5 Å². The van der Waals surface area contributed by atoms with E-state index >= 15 is 0 Å². The zero-order valence-electron chi connectivity index (χ0n) is 9.59. The average Bonchev–Trinajstić information content (AvgIpc) is 2.18. The van der Waals surface area contributed by atoms with Gasteiger partial charge in [0, 0.05) is 13.2 Å². The Balaban J connectivity index is 3.39. The lowest BCUT2D eigenvalue weighted by Crippen LogP contribution is -2.24. The van der Waals surface area contributed by atoms with Gasteiger partial charge in [-0.2, -0.15) is 0 Å². The molecule has 0 aliphatic carbocycles. The predicted molar refractivity (Wildman–Crippen MR) is 60.8 cm³/mol. The van der Waals surface area contributed by atoms with Crippen LogP contribution in [-0.4, -0.2) is 24.9 Å². The quantitative estimate of drug-likeness (QED) is 0.439. The number of alkyl halides is 1. The van der Waals surface area contributed by atoms with Crippen LogP contribution in [-0.2, 0) is 9.47 Å². The van der Waals surface area contributed by atoms with Gasteiger partial charge < -0.3 is 9.47 Å². The standard InChI is InChI=1S/C11H23ClO2/c1-4-6-8-13-10(3)11(12)14-9-7-5-2/h10-11H,4-9H2,1-3H3. The predicted octanol–water partition coefficient (Wildman–Crippen LogP) is 3.57. The van der Waals surface area contributed by atoms with E-state index in [0.717, 1.165) is 38.9 Å². The minimum absolute atomic E-state index is 0.0138. The molecule has 0 saturated heterocycles. The van der Waals surface area contributed by atoms with E-state index < -0.39 is 0 Å². The first-order chi connectivity index (χ1) is 6.72. The van der Waals surface area contributed by atoms with E-state index in [1.807, 2.05) is 6.92 Å². The van der Waals surface area contributed by atoms with Crippen molar-refractivity contribution < 1.29 is 9.47 Å². The summed E-state index contributed by atoms with van der Waals surface area (Å²) in [7, 11) is 0. The highest BCUT2D eigenvalue weighted by atomic mass is 35.5. The van der Waals surface area contributed by atoms with Gasteiger partial charge in [-0.1, -0.05) is 38.3 Å². The van der Waals surface area contributed by atoms with Crippen molar-refractivity contribution >= 4 is 11.6 Å². The molecule has 0 amide bonds. The Kier molecular flexibility index (Phi) is 9.90. The van der Waals surface area contributed by atoms with E-state index in [1.165, 1.54) is 0 Å². The summed E-state index contributed by atoms with van der Waals surface area (Å²) in [6.45, 7) is 7.74. The molecule has 3 heteroatoms. The molecule has 0 aliphatic heterocycles. The molecular formula is C11H23ClO2. The second-order valence-electron chi connectivity index (χ2n) is 3.50. The molecule has 0 radical (unpaired) electrons. The molecule has 0 fully saturated rings. The van der Waals surface area contributed by atoms with Crippen LogP contribution < -0.4 is 0 Å². The van der Waals surface area contributed by atoms with E-state index in [0.29, 0.717) is 0 Å². The summed E-state index contributed by atoms with van der Waals surface area (Å²) in [5, 5.41) is 0. The van der Waals surface area contributed by atoms with Gasteiger partial charge in [0.25, 0.3) is 0 Å². The van der Waals surface area contributed by atoms with Crippen molar-refractivity contribution in [2.45, 2.75) is 58.1 Å². The van der Waals surface area contributed by atoms with Gasteiger partial charge >= 0.3 is 0 Å². The monoisotopic (exact) mass is 222 g/mol. The van der Waals surface area contributed by atoms with Crippen LogP contribution in [0.2, 0.25) is 0 Å². The Morgan fingerprint density at radius 2 is 1.50 bits per heavy atom. The number of halogens is 1. The Hall–Kier alpha value is 0.210. The van der Waals surface area contributed by atoms with Crippen LogP contribution in [0.25, 0.3) is 0 Å². The molecule has 0 N–H and O–H groups in total. The van der Waals surface area contributed by atoms with Gasteiger partial charge in [-0.05, 0) is 19.8 Å². The Morgan fingerprint density at radius 1 is 1.00 bits per heavy atom. The highest BCUT2D eigenvalue weighted by Gasteiger charge is 2.14. The van der Waals surface area contributed by atoms with Crippen LogP contribution in [0.3, 0.4) is 0 Å². The maximum atomic E-state index is 6.00. The molecule has 0 bridgehead atoms. The van der Waals surface area contributed by atoms with Gasteiger partial charge in [0.05, 0.1) is 6.10 Å². The van der Waals surface area contributed by atoms with Crippen molar-refractivity contribution in [2.75, 3.05) is 13.2 Å². The van der Waals surface area contributed by atoms with Crippen molar-refractivity contribution in [3.8, 4) is 0 Å². The van der Waals surface area contributed by atoms with Gasteiger partial charge in [-0.25, -0.2) is 0 Å².